The van der Waals surface area contributed by atoms with Crippen molar-refractivity contribution in [3.8, 4) is 5.75 Å². The molecule has 0 heterocycles. The predicted molar refractivity (Wildman–Crippen MR) is 59.9 cm³/mol. The van der Waals surface area contributed by atoms with Crippen LogP contribution in [0.15, 0.2) is 18.2 Å². The van der Waals surface area contributed by atoms with E-state index in [9.17, 15) is 8.78 Å². The highest BCUT2D eigenvalue weighted by Gasteiger charge is 2.04. The Morgan fingerprint density at radius 1 is 1.38 bits per heavy atom. The number of halogens is 2. The molecule has 1 aromatic carbocycles. The van der Waals surface area contributed by atoms with Crippen LogP contribution in [-0.2, 0) is 6.54 Å². The summed E-state index contributed by atoms with van der Waals surface area (Å²) in [5.41, 5.74) is 0.860. The third kappa shape index (κ3) is 4.14. The minimum Gasteiger partial charge on any atom is -0.488 e. The van der Waals surface area contributed by atoms with Crippen molar-refractivity contribution in [2.24, 2.45) is 0 Å². The zero-order valence-corrected chi connectivity index (χ0v) is 9.43. The molecular weight excluding hydrogens is 212 g/mol. The first-order valence-electron chi connectivity index (χ1n) is 5.45. The minimum absolute atomic E-state index is 0.107. The summed E-state index contributed by atoms with van der Waals surface area (Å²) in [6, 6.07) is 4.73. The smallest absolute Gasteiger partial charge is 0.165 e. The topological polar surface area (TPSA) is 21.3 Å². The van der Waals surface area contributed by atoms with Crippen LogP contribution in [0, 0.1) is 5.82 Å². The van der Waals surface area contributed by atoms with Crippen molar-refractivity contribution in [3.05, 3.63) is 29.6 Å². The number of alkyl halides is 1. The van der Waals surface area contributed by atoms with Crippen LogP contribution in [0.25, 0.3) is 0 Å². The van der Waals surface area contributed by atoms with Crippen LogP contribution < -0.4 is 10.1 Å². The molecule has 0 atom stereocenters. The molecular formula is C12H17F2NO. The molecule has 0 amide bonds. The van der Waals surface area contributed by atoms with Crippen molar-refractivity contribution >= 4 is 0 Å². The van der Waals surface area contributed by atoms with Gasteiger partial charge in [-0.25, -0.2) is 8.78 Å². The fraction of sp³-hybridized carbons (Fsp3) is 0.500. The molecule has 0 aliphatic carbocycles. The summed E-state index contributed by atoms with van der Waals surface area (Å²) < 4.78 is 30.1. The van der Waals surface area contributed by atoms with Crippen molar-refractivity contribution in [1.82, 2.24) is 5.32 Å². The summed E-state index contributed by atoms with van der Waals surface area (Å²) >= 11 is 0. The van der Waals surface area contributed by atoms with Crippen molar-refractivity contribution in [1.29, 1.82) is 0 Å². The lowest BCUT2D eigenvalue weighted by Gasteiger charge is -2.07. The number of hydrogen-bond acceptors (Lipinski definition) is 2. The van der Waals surface area contributed by atoms with Crippen LogP contribution in [0.5, 0.6) is 5.75 Å². The van der Waals surface area contributed by atoms with Gasteiger partial charge in [0.1, 0.15) is 13.3 Å². The first-order chi connectivity index (χ1) is 7.77. The van der Waals surface area contributed by atoms with E-state index in [-0.39, 0.29) is 12.4 Å². The molecule has 0 aliphatic rings. The lowest BCUT2D eigenvalue weighted by atomic mass is 10.2. The molecule has 16 heavy (non-hydrogen) atoms. The zero-order chi connectivity index (χ0) is 11.8. The van der Waals surface area contributed by atoms with Gasteiger partial charge in [-0.1, -0.05) is 13.0 Å². The fourth-order valence-corrected chi connectivity index (χ4v) is 1.33. The Labute approximate surface area is 94.6 Å². The largest absolute Gasteiger partial charge is 0.488 e. The summed E-state index contributed by atoms with van der Waals surface area (Å²) in [5.74, 6) is -0.332. The Bertz CT molecular complexity index is 318. The van der Waals surface area contributed by atoms with Crippen molar-refractivity contribution < 1.29 is 13.5 Å². The van der Waals surface area contributed by atoms with Gasteiger partial charge in [0, 0.05) is 6.54 Å². The predicted octanol–water partition coefficient (Wildman–Crippen LogP) is 2.67. The van der Waals surface area contributed by atoms with Gasteiger partial charge in [0.05, 0.1) is 0 Å². The van der Waals surface area contributed by atoms with Crippen molar-refractivity contribution in [2.75, 3.05) is 19.8 Å². The van der Waals surface area contributed by atoms with Crippen LogP contribution >= 0.6 is 0 Å². The number of hydrogen-bond donors (Lipinski definition) is 1. The summed E-state index contributed by atoms with van der Waals surface area (Å²) in [4.78, 5) is 0. The van der Waals surface area contributed by atoms with Gasteiger partial charge in [-0.15, -0.1) is 0 Å². The third-order valence-electron chi connectivity index (χ3n) is 2.09. The summed E-state index contributed by atoms with van der Waals surface area (Å²) in [5, 5.41) is 3.17. The second kappa shape index (κ2) is 7.17. The molecule has 0 saturated heterocycles. The monoisotopic (exact) mass is 229 g/mol. The van der Waals surface area contributed by atoms with Gasteiger partial charge in [0.2, 0.25) is 0 Å². The van der Waals surface area contributed by atoms with Gasteiger partial charge in [-0.05, 0) is 30.7 Å². The maximum Gasteiger partial charge on any atom is 0.165 e. The average Bonchev–Trinajstić information content (AvgIpc) is 2.28. The molecule has 2 nitrogen and oxygen atoms in total. The van der Waals surface area contributed by atoms with Crippen LogP contribution in [-0.4, -0.2) is 19.8 Å². The zero-order valence-electron chi connectivity index (χ0n) is 9.43. The first-order valence-corrected chi connectivity index (χ1v) is 5.45. The molecule has 0 fully saturated rings. The van der Waals surface area contributed by atoms with Crippen molar-refractivity contribution in [2.45, 2.75) is 19.9 Å². The number of rotatable bonds is 7. The number of ether oxygens (including phenoxy) is 1. The molecule has 90 valence electrons. The van der Waals surface area contributed by atoms with Crippen molar-refractivity contribution in [3.63, 3.8) is 0 Å². The second-order valence-electron chi connectivity index (χ2n) is 3.48. The molecule has 0 bridgehead atoms. The van der Waals surface area contributed by atoms with E-state index in [1.807, 2.05) is 0 Å². The Morgan fingerprint density at radius 2 is 2.19 bits per heavy atom. The quantitative estimate of drug-likeness (QED) is 0.726. The van der Waals surface area contributed by atoms with Crippen LogP contribution in [0.1, 0.15) is 18.9 Å². The van der Waals surface area contributed by atoms with E-state index < -0.39 is 12.5 Å². The van der Waals surface area contributed by atoms with E-state index in [0.29, 0.717) is 6.54 Å². The summed E-state index contributed by atoms with van der Waals surface area (Å²) in [6.45, 7) is 2.89. The van der Waals surface area contributed by atoms with Gasteiger partial charge >= 0.3 is 0 Å². The van der Waals surface area contributed by atoms with E-state index >= 15 is 0 Å². The molecule has 1 aromatic rings. The second-order valence-corrected chi connectivity index (χ2v) is 3.48. The van der Waals surface area contributed by atoms with E-state index in [2.05, 4.69) is 12.2 Å². The normalized spacial score (nSPS) is 10.4. The molecule has 0 saturated carbocycles. The molecule has 1 rings (SSSR count). The first kappa shape index (κ1) is 12.9. The molecule has 0 aromatic heterocycles. The van der Waals surface area contributed by atoms with E-state index in [4.69, 9.17) is 4.74 Å². The van der Waals surface area contributed by atoms with Gasteiger partial charge in [-0.3, -0.25) is 0 Å². The van der Waals surface area contributed by atoms with Crippen LogP contribution in [0.3, 0.4) is 0 Å². The molecule has 4 heteroatoms. The van der Waals surface area contributed by atoms with Gasteiger partial charge in [0.15, 0.2) is 11.6 Å². The standard InChI is InChI=1S/C12H17F2NO/c1-2-6-15-9-10-3-4-12(11(14)8-10)16-7-5-13/h3-4,8,15H,2,5-7,9H2,1H3. The Morgan fingerprint density at radius 3 is 2.81 bits per heavy atom. The lowest BCUT2D eigenvalue weighted by molar-refractivity contribution is 0.262. The van der Waals surface area contributed by atoms with Gasteiger partial charge < -0.3 is 10.1 Å². The lowest BCUT2D eigenvalue weighted by Crippen LogP contribution is -2.14. The Kier molecular flexibility index (Phi) is 5.78. The van der Waals surface area contributed by atoms with E-state index in [0.717, 1.165) is 18.5 Å². The minimum atomic E-state index is -0.612. The van der Waals surface area contributed by atoms with Gasteiger partial charge in [0.25, 0.3) is 0 Å². The third-order valence-corrected chi connectivity index (χ3v) is 2.09. The molecule has 0 aliphatic heterocycles. The fourth-order valence-electron chi connectivity index (χ4n) is 1.33. The van der Waals surface area contributed by atoms with Crippen LogP contribution in [0.4, 0.5) is 8.78 Å². The average molecular weight is 229 g/mol. The summed E-state index contributed by atoms with van der Waals surface area (Å²) in [6.07, 6.45) is 1.04. The maximum absolute atomic E-state index is 13.4. The van der Waals surface area contributed by atoms with E-state index in [1.165, 1.54) is 12.1 Å². The number of nitrogens with one attached hydrogen (secondary N) is 1. The van der Waals surface area contributed by atoms with Gasteiger partial charge in [-0.2, -0.15) is 0 Å². The number of benzene rings is 1. The highest BCUT2D eigenvalue weighted by molar-refractivity contribution is 5.29. The van der Waals surface area contributed by atoms with Crippen LogP contribution in [0.2, 0.25) is 0 Å². The molecule has 1 N–H and O–H groups in total. The highest BCUT2D eigenvalue weighted by Crippen LogP contribution is 2.18. The highest BCUT2D eigenvalue weighted by atomic mass is 19.1. The molecule has 0 radical (unpaired) electrons. The SMILES string of the molecule is CCCNCc1ccc(OCCF)c(F)c1. The maximum atomic E-state index is 13.4. The summed E-state index contributed by atoms with van der Waals surface area (Å²) in [7, 11) is 0. The molecule has 0 spiro atoms. The Hall–Kier alpha value is -1.16. The molecule has 0 unspecified atom stereocenters. The van der Waals surface area contributed by atoms with E-state index in [1.54, 1.807) is 6.07 Å². The Balaban J connectivity index is 2.53.